The Hall–Kier alpha value is -2.64. The number of nitrogens with zero attached hydrogens (tertiary/aromatic N) is 4. The van der Waals surface area contributed by atoms with Crippen LogP contribution in [-0.2, 0) is 11.3 Å². The van der Waals surface area contributed by atoms with Gasteiger partial charge in [0.2, 0.25) is 0 Å². The summed E-state index contributed by atoms with van der Waals surface area (Å²) in [5.74, 6) is 0.147. The molecule has 8 nitrogen and oxygen atoms in total. The number of anilines is 2. The van der Waals surface area contributed by atoms with Crippen LogP contribution in [0.25, 0.3) is 0 Å². The van der Waals surface area contributed by atoms with Gasteiger partial charge in [-0.1, -0.05) is 5.21 Å². The van der Waals surface area contributed by atoms with Gasteiger partial charge in [0.25, 0.3) is 0 Å². The van der Waals surface area contributed by atoms with Crippen molar-refractivity contribution in [1.82, 2.24) is 20.0 Å². The highest BCUT2D eigenvalue weighted by molar-refractivity contribution is 5.95. The summed E-state index contributed by atoms with van der Waals surface area (Å²) in [5.41, 5.74) is 6.36. The fourth-order valence-corrected chi connectivity index (χ4v) is 1.76. The van der Waals surface area contributed by atoms with Gasteiger partial charge < -0.3 is 15.8 Å². The number of nitrogens with one attached hydrogen (secondary N) is 1. The van der Waals surface area contributed by atoms with Crippen LogP contribution in [0.1, 0.15) is 23.7 Å². The molecule has 0 amide bonds. The predicted octanol–water partition coefficient (Wildman–Crippen LogP) is 0.934. The normalized spacial score (nSPS) is 10.3. The van der Waals surface area contributed by atoms with Crippen LogP contribution in [-0.4, -0.2) is 39.1 Å². The van der Waals surface area contributed by atoms with Gasteiger partial charge in [0.05, 0.1) is 30.3 Å². The zero-order valence-electron chi connectivity index (χ0n) is 11.8. The lowest BCUT2D eigenvalue weighted by molar-refractivity contribution is 0.0527. The van der Waals surface area contributed by atoms with E-state index in [2.05, 4.69) is 20.6 Å². The van der Waals surface area contributed by atoms with E-state index < -0.39 is 5.97 Å². The van der Waals surface area contributed by atoms with Crippen LogP contribution in [0, 0.1) is 0 Å². The van der Waals surface area contributed by atoms with Crippen LogP contribution in [0.5, 0.6) is 0 Å². The highest BCUT2D eigenvalue weighted by atomic mass is 16.5. The van der Waals surface area contributed by atoms with Crippen LogP contribution >= 0.6 is 0 Å². The molecule has 0 saturated carbocycles. The van der Waals surface area contributed by atoms with E-state index >= 15 is 0 Å². The summed E-state index contributed by atoms with van der Waals surface area (Å²) < 4.78 is 6.70. The minimum absolute atomic E-state index is 0.307. The first-order valence-electron chi connectivity index (χ1n) is 6.71. The van der Waals surface area contributed by atoms with E-state index in [1.165, 1.54) is 6.20 Å². The van der Waals surface area contributed by atoms with Gasteiger partial charge in [-0.15, -0.1) is 5.10 Å². The summed E-state index contributed by atoms with van der Waals surface area (Å²) >= 11 is 0. The van der Waals surface area contributed by atoms with E-state index in [9.17, 15) is 4.79 Å². The third kappa shape index (κ3) is 4.16. The van der Waals surface area contributed by atoms with Gasteiger partial charge in [0.15, 0.2) is 0 Å². The number of carbonyl (C=O) groups is 1. The van der Waals surface area contributed by atoms with Crippen molar-refractivity contribution in [2.75, 3.05) is 24.2 Å². The number of hydrogen-bond donors (Lipinski definition) is 2. The molecule has 2 aromatic rings. The number of aromatic nitrogens is 4. The van der Waals surface area contributed by atoms with Crippen molar-refractivity contribution in [3.05, 3.63) is 30.2 Å². The van der Waals surface area contributed by atoms with E-state index in [-0.39, 0.29) is 0 Å². The molecule has 0 aliphatic rings. The summed E-state index contributed by atoms with van der Waals surface area (Å²) in [6.45, 7) is 3.51. The van der Waals surface area contributed by atoms with E-state index in [0.29, 0.717) is 30.2 Å². The Kier molecular flexibility index (Phi) is 5.08. The SMILES string of the molecule is CCOC(=O)c1cc(NCCCn2ccnn2)ncc1N. The second-order valence-corrected chi connectivity index (χ2v) is 4.32. The third-order valence-corrected chi connectivity index (χ3v) is 2.77. The second-order valence-electron chi connectivity index (χ2n) is 4.32. The topological polar surface area (TPSA) is 108 Å². The molecule has 0 radical (unpaired) electrons. The highest BCUT2D eigenvalue weighted by Gasteiger charge is 2.12. The number of ether oxygens (including phenoxy) is 1. The highest BCUT2D eigenvalue weighted by Crippen LogP contribution is 2.16. The summed E-state index contributed by atoms with van der Waals surface area (Å²) in [6, 6.07) is 1.60. The van der Waals surface area contributed by atoms with Crippen molar-refractivity contribution >= 4 is 17.5 Å². The number of nitrogens with two attached hydrogens (primary N) is 1. The van der Waals surface area contributed by atoms with Crippen LogP contribution in [0.4, 0.5) is 11.5 Å². The predicted molar refractivity (Wildman–Crippen MR) is 77.7 cm³/mol. The fourth-order valence-electron chi connectivity index (χ4n) is 1.76. The lowest BCUT2D eigenvalue weighted by Gasteiger charge is -2.09. The number of aryl methyl sites for hydroxylation is 1. The first-order valence-corrected chi connectivity index (χ1v) is 6.71. The van der Waals surface area contributed by atoms with Gasteiger partial charge in [-0.25, -0.2) is 9.78 Å². The van der Waals surface area contributed by atoms with Gasteiger partial charge in [-0.3, -0.25) is 4.68 Å². The maximum atomic E-state index is 11.7. The van der Waals surface area contributed by atoms with Gasteiger partial charge in [-0.2, -0.15) is 0 Å². The van der Waals surface area contributed by atoms with Crippen molar-refractivity contribution < 1.29 is 9.53 Å². The third-order valence-electron chi connectivity index (χ3n) is 2.77. The largest absolute Gasteiger partial charge is 0.462 e. The molecule has 2 heterocycles. The zero-order valence-corrected chi connectivity index (χ0v) is 11.8. The molecule has 3 N–H and O–H groups in total. The lowest BCUT2D eigenvalue weighted by Crippen LogP contribution is -2.12. The van der Waals surface area contributed by atoms with Crippen molar-refractivity contribution in [1.29, 1.82) is 0 Å². The average Bonchev–Trinajstić information content (AvgIpc) is 2.98. The Bertz CT molecular complexity index is 584. The summed E-state index contributed by atoms with van der Waals surface area (Å²) in [7, 11) is 0. The second kappa shape index (κ2) is 7.22. The standard InChI is InChI=1S/C13H18N6O2/c1-2-21-13(20)10-8-12(16-9-11(10)14)15-4-3-6-19-7-5-17-18-19/h5,7-9H,2-4,6,14H2,1H3,(H,15,16). The first kappa shape index (κ1) is 14.8. The molecule has 0 fully saturated rings. The summed E-state index contributed by atoms with van der Waals surface area (Å²) in [4.78, 5) is 15.9. The quantitative estimate of drug-likeness (QED) is 0.577. The Morgan fingerprint density at radius 2 is 2.38 bits per heavy atom. The van der Waals surface area contributed by atoms with Crippen molar-refractivity contribution in [2.24, 2.45) is 0 Å². The van der Waals surface area contributed by atoms with Gasteiger partial charge in [0.1, 0.15) is 5.82 Å². The maximum absolute atomic E-state index is 11.7. The van der Waals surface area contributed by atoms with Crippen LogP contribution < -0.4 is 11.1 Å². The van der Waals surface area contributed by atoms with Crippen LogP contribution in [0.3, 0.4) is 0 Å². The minimum atomic E-state index is -0.442. The van der Waals surface area contributed by atoms with Gasteiger partial charge in [0, 0.05) is 19.3 Å². The molecule has 0 aromatic carbocycles. The molecule has 21 heavy (non-hydrogen) atoms. The van der Waals surface area contributed by atoms with E-state index in [1.54, 1.807) is 30.1 Å². The molecule has 2 rings (SSSR count). The van der Waals surface area contributed by atoms with Crippen molar-refractivity contribution in [3.8, 4) is 0 Å². The number of pyridine rings is 1. The fraction of sp³-hybridized carbons (Fsp3) is 0.385. The Morgan fingerprint density at radius 1 is 1.52 bits per heavy atom. The average molecular weight is 290 g/mol. The molecule has 8 heteroatoms. The number of nitrogen functional groups attached to an aromatic ring is 1. The first-order chi connectivity index (χ1) is 10.2. The smallest absolute Gasteiger partial charge is 0.340 e. The van der Waals surface area contributed by atoms with Crippen molar-refractivity contribution in [3.63, 3.8) is 0 Å². The molecule has 2 aromatic heterocycles. The number of rotatable bonds is 7. The molecule has 0 atom stereocenters. The maximum Gasteiger partial charge on any atom is 0.340 e. The zero-order chi connectivity index (χ0) is 15.1. The lowest BCUT2D eigenvalue weighted by atomic mass is 10.2. The minimum Gasteiger partial charge on any atom is -0.462 e. The number of hydrogen-bond acceptors (Lipinski definition) is 7. The molecule has 0 unspecified atom stereocenters. The number of esters is 1. The Balaban J connectivity index is 1.88. The van der Waals surface area contributed by atoms with E-state index in [4.69, 9.17) is 10.5 Å². The summed E-state index contributed by atoms with van der Waals surface area (Å²) in [6.07, 6.45) is 5.75. The molecule has 0 spiro atoms. The van der Waals surface area contributed by atoms with E-state index in [0.717, 1.165) is 13.0 Å². The monoisotopic (exact) mass is 290 g/mol. The molecule has 112 valence electrons. The summed E-state index contributed by atoms with van der Waals surface area (Å²) in [5, 5.41) is 10.7. The molecular weight excluding hydrogens is 272 g/mol. The number of carbonyl (C=O) groups excluding carboxylic acids is 1. The van der Waals surface area contributed by atoms with Crippen LogP contribution in [0.15, 0.2) is 24.7 Å². The molecule has 0 aliphatic carbocycles. The Morgan fingerprint density at radius 3 is 3.10 bits per heavy atom. The van der Waals surface area contributed by atoms with E-state index in [1.807, 2.05) is 0 Å². The van der Waals surface area contributed by atoms with Crippen molar-refractivity contribution in [2.45, 2.75) is 19.9 Å². The Labute approximate surface area is 122 Å². The molecule has 0 aliphatic heterocycles. The van der Waals surface area contributed by atoms with Gasteiger partial charge >= 0.3 is 5.97 Å². The molecule has 0 saturated heterocycles. The molecule has 0 bridgehead atoms. The van der Waals surface area contributed by atoms with Gasteiger partial charge in [-0.05, 0) is 19.4 Å². The molecular formula is C13H18N6O2. The van der Waals surface area contributed by atoms with Crippen LogP contribution in [0.2, 0.25) is 0 Å².